The predicted octanol–water partition coefficient (Wildman–Crippen LogP) is 4.25. The van der Waals surface area contributed by atoms with Crippen LogP contribution in [0.25, 0.3) is 5.57 Å². The van der Waals surface area contributed by atoms with Gasteiger partial charge in [-0.3, -0.25) is 9.69 Å². The number of hydrogen-bond donors (Lipinski definition) is 2. The van der Waals surface area contributed by atoms with Crippen LogP contribution in [0.4, 0.5) is 11.4 Å². The maximum absolute atomic E-state index is 12.6. The molecule has 4 rings (SSSR count). The summed E-state index contributed by atoms with van der Waals surface area (Å²) in [7, 11) is 1.34. The minimum absolute atomic E-state index is 0.182. The smallest absolute Gasteiger partial charge is 0.337 e. The summed E-state index contributed by atoms with van der Waals surface area (Å²) in [4.78, 5) is 26.8. The van der Waals surface area contributed by atoms with Crippen molar-refractivity contribution in [2.75, 3.05) is 30.8 Å². The Morgan fingerprint density at radius 1 is 1.10 bits per heavy atom. The number of nitrogens with zero attached hydrogens (tertiary/aromatic N) is 1. The highest BCUT2D eigenvalue weighted by Gasteiger charge is 2.27. The quantitative estimate of drug-likeness (QED) is 0.575. The van der Waals surface area contributed by atoms with E-state index in [0.717, 1.165) is 23.5 Å². The number of hydrogen-bond acceptors (Lipinski definition) is 5. The molecular formula is C24H27N3O3. The van der Waals surface area contributed by atoms with Gasteiger partial charge in [0.1, 0.15) is 0 Å². The second kappa shape index (κ2) is 8.71. The number of ether oxygens (including phenoxy) is 1. The van der Waals surface area contributed by atoms with Crippen LogP contribution in [0, 0.1) is 0 Å². The van der Waals surface area contributed by atoms with Gasteiger partial charge in [-0.2, -0.15) is 0 Å². The van der Waals surface area contributed by atoms with Gasteiger partial charge in [0.2, 0.25) is 0 Å². The number of piperidine rings is 1. The third-order valence-corrected chi connectivity index (χ3v) is 5.70. The summed E-state index contributed by atoms with van der Waals surface area (Å²) in [6.07, 6.45) is 3.92. The summed E-state index contributed by atoms with van der Waals surface area (Å²) >= 11 is 0. The number of amides is 1. The molecule has 1 amide bonds. The first kappa shape index (κ1) is 20.2. The Balaban J connectivity index is 1.49. The molecule has 6 nitrogen and oxygen atoms in total. The lowest BCUT2D eigenvalue weighted by Gasteiger charge is -2.26. The summed E-state index contributed by atoms with van der Waals surface area (Å²) in [5, 5.41) is 6.19. The van der Waals surface area contributed by atoms with Gasteiger partial charge in [0.05, 0.1) is 23.9 Å². The molecule has 0 saturated carbocycles. The number of allylic oxidation sites excluding steroid dienone is 1. The van der Waals surface area contributed by atoms with Gasteiger partial charge >= 0.3 is 5.97 Å². The number of anilines is 2. The van der Waals surface area contributed by atoms with E-state index in [1.165, 1.54) is 45.0 Å². The molecule has 2 N–H and O–H groups in total. The van der Waals surface area contributed by atoms with Crippen LogP contribution in [0.3, 0.4) is 0 Å². The van der Waals surface area contributed by atoms with E-state index < -0.39 is 5.97 Å². The van der Waals surface area contributed by atoms with Crippen LogP contribution in [0.1, 0.15) is 47.7 Å². The zero-order valence-electron chi connectivity index (χ0n) is 17.5. The molecule has 2 aromatic rings. The molecule has 1 saturated heterocycles. The van der Waals surface area contributed by atoms with E-state index in [2.05, 4.69) is 39.8 Å². The second-order valence-electron chi connectivity index (χ2n) is 7.86. The number of rotatable bonds is 5. The SMILES string of the molecule is COC(=O)c1ccc2c(c1)NC(=O)C2=C(C)Nc1ccc(CN2CCCCC2)cc1. The lowest BCUT2D eigenvalue weighted by atomic mass is 10.0. The summed E-state index contributed by atoms with van der Waals surface area (Å²) in [6.45, 7) is 5.23. The highest BCUT2D eigenvalue weighted by molar-refractivity contribution is 6.32. The average molecular weight is 405 g/mol. The number of carbonyl (C=O) groups is 2. The first-order valence-corrected chi connectivity index (χ1v) is 10.4. The number of carbonyl (C=O) groups excluding carboxylic acids is 2. The molecule has 0 atom stereocenters. The molecule has 2 aliphatic rings. The number of methoxy groups -OCH3 is 1. The van der Waals surface area contributed by atoms with Crippen molar-refractivity contribution in [2.45, 2.75) is 32.7 Å². The summed E-state index contributed by atoms with van der Waals surface area (Å²) < 4.78 is 4.75. The first-order chi connectivity index (χ1) is 14.5. The van der Waals surface area contributed by atoms with Gasteiger partial charge in [0, 0.05) is 23.5 Å². The van der Waals surface area contributed by atoms with Crippen molar-refractivity contribution in [1.82, 2.24) is 4.90 Å². The lowest BCUT2D eigenvalue weighted by Crippen LogP contribution is -2.29. The van der Waals surface area contributed by atoms with Gasteiger partial charge in [-0.05, 0) is 62.7 Å². The summed E-state index contributed by atoms with van der Waals surface area (Å²) in [6, 6.07) is 13.5. The first-order valence-electron chi connectivity index (χ1n) is 10.4. The van der Waals surface area contributed by atoms with Crippen molar-refractivity contribution in [2.24, 2.45) is 0 Å². The van der Waals surface area contributed by atoms with E-state index in [9.17, 15) is 9.59 Å². The molecule has 0 unspecified atom stereocenters. The average Bonchev–Trinajstić information content (AvgIpc) is 3.10. The third-order valence-electron chi connectivity index (χ3n) is 5.70. The minimum atomic E-state index is -0.427. The van der Waals surface area contributed by atoms with Crippen molar-refractivity contribution in [1.29, 1.82) is 0 Å². The van der Waals surface area contributed by atoms with Crippen LogP contribution < -0.4 is 10.6 Å². The Hall–Kier alpha value is -3.12. The number of fused-ring (bicyclic) bond motifs is 1. The monoisotopic (exact) mass is 405 g/mol. The van der Waals surface area contributed by atoms with Crippen molar-refractivity contribution < 1.29 is 14.3 Å². The normalized spacial score (nSPS) is 17.9. The Morgan fingerprint density at radius 3 is 2.53 bits per heavy atom. The van der Waals surface area contributed by atoms with Crippen LogP contribution in [0.15, 0.2) is 48.2 Å². The molecule has 2 aromatic carbocycles. The van der Waals surface area contributed by atoms with Crippen molar-refractivity contribution in [3.8, 4) is 0 Å². The van der Waals surface area contributed by atoms with Crippen LogP contribution in [-0.2, 0) is 16.1 Å². The molecular weight excluding hydrogens is 378 g/mol. The van der Waals surface area contributed by atoms with Gasteiger partial charge in [-0.1, -0.05) is 24.6 Å². The fraction of sp³-hybridized carbons (Fsp3) is 0.333. The highest BCUT2D eigenvalue weighted by Crippen LogP contribution is 2.35. The number of likely N-dealkylation sites (tertiary alicyclic amines) is 1. The van der Waals surface area contributed by atoms with Gasteiger partial charge < -0.3 is 15.4 Å². The molecule has 30 heavy (non-hydrogen) atoms. The molecule has 0 aromatic heterocycles. The topological polar surface area (TPSA) is 70.7 Å². The molecule has 0 spiro atoms. The van der Waals surface area contributed by atoms with Gasteiger partial charge in [-0.25, -0.2) is 4.79 Å². The van der Waals surface area contributed by atoms with Gasteiger partial charge in [0.25, 0.3) is 5.91 Å². The Morgan fingerprint density at radius 2 is 1.83 bits per heavy atom. The maximum Gasteiger partial charge on any atom is 0.337 e. The molecule has 0 aliphatic carbocycles. The van der Waals surface area contributed by atoms with Gasteiger partial charge in [0.15, 0.2) is 0 Å². The Kier molecular flexibility index (Phi) is 5.86. The molecule has 2 heterocycles. The lowest BCUT2D eigenvalue weighted by molar-refractivity contribution is -0.110. The second-order valence-corrected chi connectivity index (χ2v) is 7.86. The van der Waals surface area contributed by atoms with E-state index in [0.29, 0.717) is 16.8 Å². The van der Waals surface area contributed by atoms with Crippen LogP contribution in [0.2, 0.25) is 0 Å². The molecule has 156 valence electrons. The van der Waals surface area contributed by atoms with Crippen molar-refractivity contribution in [3.63, 3.8) is 0 Å². The highest BCUT2D eigenvalue weighted by atomic mass is 16.5. The van der Waals surface area contributed by atoms with E-state index in [1.807, 2.05) is 6.92 Å². The largest absolute Gasteiger partial charge is 0.465 e. The van der Waals surface area contributed by atoms with Gasteiger partial charge in [-0.15, -0.1) is 0 Å². The molecule has 6 heteroatoms. The van der Waals surface area contributed by atoms with E-state index >= 15 is 0 Å². The standard InChI is InChI=1S/C24H27N3O3/c1-16(22-20-11-8-18(24(29)30-2)14-21(20)26-23(22)28)25-19-9-6-17(7-10-19)15-27-12-4-3-5-13-27/h6-11,14,25H,3-5,12-13,15H2,1-2H3,(H,26,28). The predicted molar refractivity (Wildman–Crippen MR) is 118 cm³/mol. The Bertz CT molecular complexity index is 989. The number of esters is 1. The summed E-state index contributed by atoms with van der Waals surface area (Å²) in [5.74, 6) is -0.609. The van der Waals surface area contributed by atoms with Crippen LogP contribution >= 0.6 is 0 Å². The summed E-state index contributed by atoms with van der Waals surface area (Å²) in [5.41, 5.74) is 5.39. The van der Waals surface area contributed by atoms with Crippen molar-refractivity contribution >= 4 is 28.8 Å². The van der Waals surface area contributed by atoms with E-state index in [-0.39, 0.29) is 5.91 Å². The number of nitrogens with one attached hydrogen (secondary N) is 2. The van der Waals surface area contributed by atoms with E-state index in [1.54, 1.807) is 18.2 Å². The molecule has 0 radical (unpaired) electrons. The molecule has 2 aliphatic heterocycles. The fourth-order valence-corrected chi connectivity index (χ4v) is 4.14. The van der Waals surface area contributed by atoms with Crippen molar-refractivity contribution in [3.05, 3.63) is 64.9 Å². The molecule has 1 fully saturated rings. The number of benzene rings is 2. The zero-order chi connectivity index (χ0) is 21.1. The molecule has 0 bridgehead atoms. The minimum Gasteiger partial charge on any atom is -0.465 e. The fourth-order valence-electron chi connectivity index (χ4n) is 4.14. The Labute approximate surface area is 176 Å². The third kappa shape index (κ3) is 4.24. The van der Waals surface area contributed by atoms with Crippen LogP contribution in [0.5, 0.6) is 0 Å². The van der Waals surface area contributed by atoms with E-state index in [4.69, 9.17) is 4.74 Å². The maximum atomic E-state index is 12.6. The van der Waals surface area contributed by atoms with Crippen LogP contribution in [-0.4, -0.2) is 37.0 Å². The zero-order valence-corrected chi connectivity index (χ0v) is 17.5.